The molecule has 1 aliphatic rings. The number of likely N-dealkylation sites (tertiary alicyclic amines) is 1. The molecular formula is C26H36N2O. The highest BCUT2D eigenvalue weighted by atomic mass is 16.1. The standard InChI is InChI=1S/C26H36N2O/c1-26(2,3)24-14-11-21(12-15-24)13-16-25(29)27-19-22-7-9-23(10-8-22)20-28-17-5-4-6-18-28/h7-12,14-15H,4-6,13,16-20H2,1-3H3,(H,27,29). The molecule has 0 aromatic heterocycles. The van der Waals surface area contributed by atoms with Gasteiger partial charge in [-0.05, 0) is 60.0 Å². The molecule has 0 radical (unpaired) electrons. The molecule has 3 rings (SSSR count). The minimum atomic E-state index is 0.113. The lowest BCUT2D eigenvalue weighted by Gasteiger charge is -2.26. The van der Waals surface area contributed by atoms with Crippen molar-refractivity contribution >= 4 is 5.91 Å². The van der Waals surface area contributed by atoms with Gasteiger partial charge in [0.15, 0.2) is 0 Å². The van der Waals surface area contributed by atoms with E-state index in [0.717, 1.165) is 18.5 Å². The van der Waals surface area contributed by atoms with Gasteiger partial charge in [-0.15, -0.1) is 0 Å². The van der Waals surface area contributed by atoms with E-state index in [9.17, 15) is 4.79 Å². The highest BCUT2D eigenvalue weighted by molar-refractivity contribution is 5.76. The van der Waals surface area contributed by atoms with E-state index < -0.39 is 0 Å². The molecule has 156 valence electrons. The average molecular weight is 393 g/mol. The molecule has 0 bridgehead atoms. The second kappa shape index (κ2) is 10.1. The Balaban J connectivity index is 1.39. The van der Waals surface area contributed by atoms with Crippen LogP contribution in [-0.4, -0.2) is 23.9 Å². The van der Waals surface area contributed by atoms with Crippen LogP contribution in [0, 0.1) is 0 Å². The number of carbonyl (C=O) groups excluding carboxylic acids is 1. The normalized spacial score (nSPS) is 15.3. The van der Waals surface area contributed by atoms with Crippen LogP contribution < -0.4 is 5.32 Å². The van der Waals surface area contributed by atoms with E-state index in [1.165, 1.54) is 49.0 Å². The van der Waals surface area contributed by atoms with E-state index in [1.54, 1.807) is 0 Å². The molecule has 1 saturated heterocycles. The van der Waals surface area contributed by atoms with Crippen LogP contribution in [-0.2, 0) is 29.7 Å². The Bertz CT molecular complexity index is 766. The van der Waals surface area contributed by atoms with E-state index in [2.05, 4.69) is 79.5 Å². The lowest BCUT2D eigenvalue weighted by atomic mass is 9.86. The third kappa shape index (κ3) is 7.01. The van der Waals surface area contributed by atoms with E-state index in [0.29, 0.717) is 13.0 Å². The van der Waals surface area contributed by atoms with Crippen molar-refractivity contribution < 1.29 is 4.79 Å². The molecule has 0 unspecified atom stereocenters. The van der Waals surface area contributed by atoms with E-state index in [4.69, 9.17) is 0 Å². The largest absolute Gasteiger partial charge is 0.352 e. The summed E-state index contributed by atoms with van der Waals surface area (Å²) >= 11 is 0. The Morgan fingerprint density at radius 3 is 2.07 bits per heavy atom. The number of benzene rings is 2. The van der Waals surface area contributed by atoms with Crippen molar-refractivity contribution in [2.75, 3.05) is 13.1 Å². The predicted molar refractivity (Wildman–Crippen MR) is 121 cm³/mol. The molecule has 0 aliphatic carbocycles. The van der Waals surface area contributed by atoms with Crippen molar-refractivity contribution in [1.82, 2.24) is 10.2 Å². The van der Waals surface area contributed by atoms with Crippen LogP contribution in [0.15, 0.2) is 48.5 Å². The monoisotopic (exact) mass is 392 g/mol. The van der Waals surface area contributed by atoms with Gasteiger partial charge in [0, 0.05) is 19.5 Å². The van der Waals surface area contributed by atoms with Gasteiger partial charge >= 0.3 is 0 Å². The first-order valence-electron chi connectivity index (χ1n) is 11.1. The molecule has 1 amide bonds. The Morgan fingerprint density at radius 1 is 0.862 bits per heavy atom. The molecule has 2 aromatic rings. The Hall–Kier alpha value is -2.13. The SMILES string of the molecule is CC(C)(C)c1ccc(CCC(=O)NCc2ccc(CN3CCCCC3)cc2)cc1. The summed E-state index contributed by atoms with van der Waals surface area (Å²) in [5.74, 6) is 0.113. The van der Waals surface area contributed by atoms with E-state index >= 15 is 0 Å². The summed E-state index contributed by atoms with van der Waals surface area (Å²) in [5, 5.41) is 3.06. The lowest BCUT2D eigenvalue weighted by molar-refractivity contribution is -0.121. The summed E-state index contributed by atoms with van der Waals surface area (Å²) in [6, 6.07) is 17.3. The molecule has 0 spiro atoms. The summed E-state index contributed by atoms with van der Waals surface area (Å²) in [6.07, 6.45) is 5.33. The number of carbonyl (C=O) groups is 1. The summed E-state index contributed by atoms with van der Waals surface area (Å²) in [4.78, 5) is 14.8. The van der Waals surface area contributed by atoms with Gasteiger partial charge < -0.3 is 5.32 Å². The minimum absolute atomic E-state index is 0.113. The third-order valence-electron chi connectivity index (χ3n) is 5.83. The van der Waals surface area contributed by atoms with Gasteiger partial charge in [0.2, 0.25) is 5.91 Å². The van der Waals surface area contributed by atoms with Crippen LogP contribution in [0.3, 0.4) is 0 Å². The van der Waals surface area contributed by atoms with Crippen LogP contribution >= 0.6 is 0 Å². The number of hydrogen-bond acceptors (Lipinski definition) is 2. The van der Waals surface area contributed by atoms with Crippen LogP contribution in [0.1, 0.15) is 68.7 Å². The first-order valence-corrected chi connectivity index (χ1v) is 11.1. The summed E-state index contributed by atoms with van der Waals surface area (Å²) in [5.41, 5.74) is 5.24. The summed E-state index contributed by atoms with van der Waals surface area (Å²) < 4.78 is 0. The quantitative estimate of drug-likeness (QED) is 0.701. The molecule has 1 N–H and O–H groups in total. The van der Waals surface area contributed by atoms with Crippen LogP contribution in [0.4, 0.5) is 0 Å². The second-order valence-electron chi connectivity index (χ2n) is 9.38. The average Bonchev–Trinajstić information content (AvgIpc) is 2.72. The fraction of sp³-hybridized carbons (Fsp3) is 0.500. The minimum Gasteiger partial charge on any atom is -0.352 e. The maximum atomic E-state index is 12.2. The van der Waals surface area contributed by atoms with E-state index in [-0.39, 0.29) is 11.3 Å². The van der Waals surface area contributed by atoms with Crippen LogP contribution in [0.25, 0.3) is 0 Å². The topological polar surface area (TPSA) is 32.3 Å². The summed E-state index contributed by atoms with van der Waals surface area (Å²) in [6.45, 7) is 10.7. The van der Waals surface area contributed by atoms with Gasteiger partial charge in [-0.2, -0.15) is 0 Å². The lowest BCUT2D eigenvalue weighted by Crippen LogP contribution is -2.29. The van der Waals surface area contributed by atoms with Gasteiger partial charge in [-0.25, -0.2) is 0 Å². The fourth-order valence-electron chi connectivity index (χ4n) is 3.86. The molecule has 3 heteroatoms. The number of hydrogen-bond donors (Lipinski definition) is 1. The molecule has 1 aliphatic heterocycles. The predicted octanol–water partition coefficient (Wildman–Crippen LogP) is 5.22. The van der Waals surface area contributed by atoms with Gasteiger partial charge in [-0.3, -0.25) is 9.69 Å². The highest BCUT2D eigenvalue weighted by Gasteiger charge is 2.13. The number of piperidine rings is 1. The number of amides is 1. The fourth-order valence-corrected chi connectivity index (χ4v) is 3.86. The second-order valence-corrected chi connectivity index (χ2v) is 9.38. The molecule has 2 aromatic carbocycles. The molecular weight excluding hydrogens is 356 g/mol. The van der Waals surface area contributed by atoms with Crippen LogP contribution in [0.2, 0.25) is 0 Å². The molecule has 29 heavy (non-hydrogen) atoms. The maximum absolute atomic E-state index is 12.2. The van der Waals surface area contributed by atoms with Gasteiger partial charge in [-0.1, -0.05) is 75.7 Å². The highest BCUT2D eigenvalue weighted by Crippen LogP contribution is 2.22. The van der Waals surface area contributed by atoms with Crippen molar-refractivity contribution in [3.05, 3.63) is 70.8 Å². The third-order valence-corrected chi connectivity index (χ3v) is 5.83. The molecule has 0 atom stereocenters. The zero-order valence-electron chi connectivity index (χ0n) is 18.3. The first kappa shape index (κ1) is 21.6. The molecule has 1 heterocycles. The van der Waals surface area contributed by atoms with Crippen molar-refractivity contribution in [2.24, 2.45) is 0 Å². The van der Waals surface area contributed by atoms with Gasteiger partial charge in [0.25, 0.3) is 0 Å². The number of rotatable bonds is 7. The smallest absolute Gasteiger partial charge is 0.220 e. The first-order chi connectivity index (χ1) is 13.9. The van der Waals surface area contributed by atoms with Crippen molar-refractivity contribution in [1.29, 1.82) is 0 Å². The zero-order valence-corrected chi connectivity index (χ0v) is 18.3. The van der Waals surface area contributed by atoms with Crippen LogP contribution in [0.5, 0.6) is 0 Å². The Labute approximate surface area is 176 Å². The van der Waals surface area contributed by atoms with Crippen molar-refractivity contribution in [3.63, 3.8) is 0 Å². The Kier molecular flexibility index (Phi) is 7.49. The summed E-state index contributed by atoms with van der Waals surface area (Å²) in [7, 11) is 0. The van der Waals surface area contributed by atoms with Gasteiger partial charge in [0.1, 0.15) is 0 Å². The molecule has 3 nitrogen and oxygen atoms in total. The number of aryl methyl sites for hydroxylation is 1. The number of nitrogens with zero attached hydrogens (tertiary/aromatic N) is 1. The van der Waals surface area contributed by atoms with Gasteiger partial charge in [0.05, 0.1) is 0 Å². The van der Waals surface area contributed by atoms with Crippen molar-refractivity contribution in [3.8, 4) is 0 Å². The Morgan fingerprint density at radius 2 is 1.45 bits per heavy atom. The van der Waals surface area contributed by atoms with Crippen molar-refractivity contribution in [2.45, 2.75) is 71.4 Å². The molecule has 1 fully saturated rings. The number of nitrogens with one attached hydrogen (secondary N) is 1. The zero-order chi connectivity index (χ0) is 20.7. The van der Waals surface area contributed by atoms with E-state index in [1.807, 2.05) is 0 Å². The maximum Gasteiger partial charge on any atom is 0.220 e. The molecule has 0 saturated carbocycles.